The maximum absolute atomic E-state index is 13.9. The van der Waals surface area contributed by atoms with E-state index in [0.717, 1.165) is 24.8 Å². The van der Waals surface area contributed by atoms with Crippen LogP contribution in [0.5, 0.6) is 5.75 Å². The maximum atomic E-state index is 13.9. The fourth-order valence-electron chi connectivity index (χ4n) is 3.45. The number of H-pyrrole nitrogens is 1. The van der Waals surface area contributed by atoms with Crippen molar-refractivity contribution >= 4 is 44.3 Å². The lowest BCUT2D eigenvalue weighted by Gasteiger charge is -2.17. The number of benzene rings is 1. The number of nitrogens with one attached hydrogen (secondary N) is 1. The molecule has 0 bridgehead atoms. The third-order valence-corrected chi connectivity index (χ3v) is 6.30. The number of ether oxygens (including phenoxy) is 1. The molecule has 1 aliphatic rings. The van der Waals surface area contributed by atoms with Gasteiger partial charge in [0.15, 0.2) is 17.4 Å². The summed E-state index contributed by atoms with van der Waals surface area (Å²) in [4.78, 5) is 22.0. The summed E-state index contributed by atoms with van der Waals surface area (Å²) >= 11 is 7.94. The first-order valence-corrected chi connectivity index (χ1v) is 9.91. The second kappa shape index (κ2) is 7.09. The molecular weight excluding hydrogens is 387 g/mol. The Morgan fingerprint density at radius 2 is 2.30 bits per heavy atom. The average Bonchev–Trinajstić information content (AvgIpc) is 2.99. The number of nitrogens with zero attached hydrogens (tertiary/aromatic N) is 1. The molecule has 4 nitrogen and oxygen atoms in total. The zero-order chi connectivity index (χ0) is 19.1. The Kier molecular flexibility index (Phi) is 4.78. The Balaban J connectivity index is 1.75. The molecule has 27 heavy (non-hydrogen) atoms. The molecule has 0 amide bonds. The van der Waals surface area contributed by atoms with Gasteiger partial charge in [0, 0.05) is 4.88 Å². The maximum Gasteiger partial charge on any atom is 0.260 e. The average molecular weight is 405 g/mol. The van der Waals surface area contributed by atoms with Gasteiger partial charge in [-0.2, -0.15) is 0 Å². The van der Waals surface area contributed by atoms with Gasteiger partial charge in [-0.25, -0.2) is 9.37 Å². The summed E-state index contributed by atoms with van der Waals surface area (Å²) in [6, 6.07) is 4.54. The van der Waals surface area contributed by atoms with Gasteiger partial charge in [-0.05, 0) is 54.5 Å². The molecule has 0 spiro atoms. The molecule has 2 aromatic heterocycles. The van der Waals surface area contributed by atoms with E-state index in [1.54, 1.807) is 23.5 Å². The Morgan fingerprint density at radius 1 is 1.48 bits per heavy atom. The molecule has 1 aliphatic carbocycles. The number of rotatable bonds is 3. The van der Waals surface area contributed by atoms with Gasteiger partial charge >= 0.3 is 0 Å². The molecule has 2 heterocycles. The van der Waals surface area contributed by atoms with Crippen molar-refractivity contribution < 1.29 is 9.13 Å². The molecule has 1 aromatic carbocycles. The summed E-state index contributed by atoms with van der Waals surface area (Å²) in [5, 5.41) is 0.934. The zero-order valence-electron chi connectivity index (χ0n) is 14.9. The number of methoxy groups -OCH3 is 1. The number of aromatic nitrogens is 2. The number of fused-ring (bicyclic) bond motifs is 3. The lowest BCUT2D eigenvalue weighted by Crippen LogP contribution is -2.14. The van der Waals surface area contributed by atoms with Crippen LogP contribution in [0.4, 0.5) is 4.39 Å². The molecule has 3 aromatic rings. The summed E-state index contributed by atoms with van der Waals surface area (Å²) in [6.07, 6.45) is 4.56. The van der Waals surface area contributed by atoms with Gasteiger partial charge < -0.3 is 9.72 Å². The van der Waals surface area contributed by atoms with Crippen molar-refractivity contribution in [1.82, 2.24) is 9.97 Å². The highest BCUT2D eigenvalue weighted by Crippen LogP contribution is 2.36. The highest BCUT2D eigenvalue weighted by molar-refractivity contribution is 7.18. The predicted octanol–water partition coefficient (Wildman–Crippen LogP) is 4.99. The first kappa shape index (κ1) is 18.2. The van der Waals surface area contributed by atoms with Crippen molar-refractivity contribution in [1.29, 1.82) is 0 Å². The van der Waals surface area contributed by atoms with Crippen LogP contribution >= 0.6 is 22.9 Å². The quantitative estimate of drug-likeness (QED) is 0.668. The fourth-order valence-corrected chi connectivity index (χ4v) is 5.05. The summed E-state index contributed by atoms with van der Waals surface area (Å²) in [6.45, 7) is 2.23. The zero-order valence-corrected chi connectivity index (χ0v) is 16.5. The third kappa shape index (κ3) is 3.39. The first-order valence-electron chi connectivity index (χ1n) is 8.72. The lowest BCUT2D eigenvalue weighted by atomic mass is 9.89. The summed E-state index contributed by atoms with van der Waals surface area (Å²) < 4.78 is 18.8. The van der Waals surface area contributed by atoms with Crippen LogP contribution in [-0.2, 0) is 12.8 Å². The fraction of sp³-hybridized carbons (Fsp3) is 0.300. The van der Waals surface area contributed by atoms with Gasteiger partial charge in [-0.3, -0.25) is 4.79 Å². The molecule has 0 aliphatic heterocycles. The highest BCUT2D eigenvalue weighted by atomic mass is 35.5. The summed E-state index contributed by atoms with van der Waals surface area (Å²) in [5.41, 5.74) is 1.51. The summed E-state index contributed by atoms with van der Waals surface area (Å²) in [5.74, 6) is 0.594. The van der Waals surface area contributed by atoms with Crippen LogP contribution in [0.1, 0.15) is 35.2 Å². The topological polar surface area (TPSA) is 55.0 Å². The Morgan fingerprint density at radius 3 is 3.04 bits per heavy atom. The monoisotopic (exact) mass is 404 g/mol. The van der Waals surface area contributed by atoms with E-state index in [1.165, 1.54) is 24.1 Å². The van der Waals surface area contributed by atoms with E-state index in [1.807, 2.05) is 0 Å². The van der Waals surface area contributed by atoms with Crippen LogP contribution in [0, 0.1) is 11.7 Å². The van der Waals surface area contributed by atoms with Crippen molar-refractivity contribution in [2.24, 2.45) is 5.92 Å². The van der Waals surface area contributed by atoms with E-state index < -0.39 is 5.82 Å². The summed E-state index contributed by atoms with van der Waals surface area (Å²) in [7, 11) is 1.41. The third-order valence-electron chi connectivity index (χ3n) is 4.86. The smallest absolute Gasteiger partial charge is 0.260 e. The van der Waals surface area contributed by atoms with E-state index in [0.29, 0.717) is 21.7 Å². The van der Waals surface area contributed by atoms with Crippen LogP contribution in [0.25, 0.3) is 21.3 Å². The highest BCUT2D eigenvalue weighted by Gasteiger charge is 2.23. The van der Waals surface area contributed by atoms with Crippen LogP contribution in [0.15, 0.2) is 23.0 Å². The number of aryl methyl sites for hydroxylation is 1. The van der Waals surface area contributed by atoms with Crippen LogP contribution < -0.4 is 10.3 Å². The van der Waals surface area contributed by atoms with Crippen molar-refractivity contribution in [3.8, 4) is 5.75 Å². The number of aromatic amines is 1. The number of thiophene rings is 1. The molecule has 140 valence electrons. The van der Waals surface area contributed by atoms with Crippen molar-refractivity contribution in [2.75, 3.05) is 7.11 Å². The van der Waals surface area contributed by atoms with Crippen LogP contribution in [0.3, 0.4) is 0 Å². The Hall–Kier alpha value is -2.18. The molecular formula is C20H18ClFN2O2S. The minimum atomic E-state index is -0.479. The van der Waals surface area contributed by atoms with Crippen molar-refractivity contribution in [3.63, 3.8) is 0 Å². The molecule has 4 rings (SSSR count). The number of hydrogen-bond acceptors (Lipinski definition) is 4. The van der Waals surface area contributed by atoms with Gasteiger partial charge in [0.05, 0.1) is 17.5 Å². The van der Waals surface area contributed by atoms with E-state index in [4.69, 9.17) is 16.3 Å². The molecule has 0 saturated heterocycles. The van der Waals surface area contributed by atoms with Gasteiger partial charge in [-0.1, -0.05) is 24.6 Å². The van der Waals surface area contributed by atoms with Gasteiger partial charge in [0.1, 0.15) is 4.83 Å². The minimum absolute atomic E-state index is 0.162. The Labute approximate surface area is 164 Å². The molecule has 1 N–H and O–H groups in total. The molecule has 0 fully saturated rings. The van der Waals surface area contributed by atoms with E-state index >= 15 is 0 Å². The van der Waals surface area contributed by atoms with Gasteiger partial charge in [-0.15, -0.1) is 11.3 Å². The van der Waals surface area contributed by atoms with Crippen molar-refractivity contribution in [2.45, 2.75) is 26.2 Å². The van der Waals surface area contributed by atoms with Crippen LogP contribution in [-0.4, -0.2) is 17.1 Å². The minimum Gasteiger partial charge on any atom is -0.494 e. The second-order valence-corrected chi connectivity index (χ2v) is 8.32. The van der Waals surface area contributed by atoms with E-state index in [-0.39, 0.29) is 22.2 Å². The van der Waals surface area contributed by atoms with Crippen molar-refractivity contribution in [3.05, 3.63) is 56.2 Å². The molecule has 7 heteroatoms. The number of halogens is 2. The van der Waals surface area contributed by atoms with E-state index in [2.05, 4.69) is 16.9 Å². The molecule has 1 atom stereocenters. The van der Waals surface area contributed by atoms with Gasteiger partial charge in [0.2, 0.25) is 0 Å². The molecule has 0 unspecified atom stereocenters. The van der Waals surface area contributed by atoms with E-state index in [9.17, 15) is 9.18 Å². The van der Waals surface area contributed by atoms with Gasteiger partial charge in [0.25, 0.3) is 5.56 Å². The first-order chi connectivity index (χ1) is 13.0. The Bertz CT molecular complexity index is 1120. The normalized spacial score (nSPS) is 17.2. The molecule has 0 saturated carbocycles. The lowest BCUT2D eigenvalue weighted by molar-refractivity contribution is 0.386. The standard InChI is InChI=1S/C20H18ClFN2O2S/c1-10-3-5-12-16(7-10)27-20-17(12)19(25)23-18(24-20)13(21)8-11-4-6-15(26-2)14(22)9-11/h4,6,8-10H,3,5,7H2,1-2H3,(H,23,24,25)/b13-8-/t10-/m1/s1. The molecule has 0 radical (unpaired) electrons. The number of hydrogen-bond donors (Lipinski definition) is 1. The SMILES string of the molecule is COc1ccc(/C=C(\Cl)c2nc3sc4c(c3c(=O)[nH]2)CC[C@@H](C)C4)cc1F. The van der Waals surface area contributed by atoms with Crippen LogP contribution in [0.2, 0.25) is 0 Å². The predicted molar refractivity (Wildman–Crippen MR) is 108 cm³/mol. The second-order valence-electron chi connectivity index (χ2n) is 6.83. The largest absolute Gasteiger partial charge is 0.494 e.